The Balaban J connectivity index is -0.0000000183. The molecule has 0 aliphatic carbocycles. The molecule has 0 aromatic rings. The van der Waals surface area contributed by atoms with Crippen LogP contribution in [0.2, 0.25) is 0 Å². The molecule has 28 heteroatoms. The Labute approximate surface area is 491 Å². The number of esters is 2. The van der Waals surface area contributed by atoms with Crippen molar-refractivity contribution in [3.63, 3.8) is 0 Å². The van der Waals surface area contributed by atoms with Crippen LogP contribution in [0.3, 0.4) is 0 Å². The maximum atomic E-state index is 10.3. The Morgan fingerprint density at radius 1 is 0.346 bits per heavy atom. The van der Waals surface area contributed by atoms with Gasteiger partial charge in [0, 0.05) is 98.3 Å². The van der Waals surface area contributed by atoms with Gasteiger partial charge in [-0.2, -0.15) is 23.5 Å². The molecule has 9 N–H and O–H groups in total. The van der Waals surface area contributed by atoms with Gasteiger partial charge in [0.2, 0.25) is 23.6 Å². The molecule has 0 saturated carbocycles. The minimum Gasteiger partial charge on any atom is -0.469 e. The van der Waals surface area contributed by atoms with Crippen LogP contribution in [0.25, 0.3) is 0 Å². The van der Waals surface area contributed by atoms with Gasteiger partial charge in [-0.25, -0.2) is 19.2 Å². The first-order valence-corrected chi connectivity index (χ1v) is 21.8. The second-order valence-electron chi connectivity index (χ2n) is 9.80. The molecule has 0 rings (SSSR count). The Kier molecular flexibility index (Phi) is 347. The van der Waals surface area contributed by atoms with Gasteiger partial charge < -0.3 is 81.0 Å². The maximum absolute atomic E-state index is 10.3. The minimum absolute atomic E-state index is 0. The molecule has 78 heavy (non-hydrogen) atoms. The smallest absolute Gasteiger partial charge is 0.469 e. The van der Waals surface area contributed by atoms with Crippen molar-refractivity contribution < 1.29 is 81.1 Å². The van der Waals surface area contributed by atoms with E-state index in [-0.39, 0.29) is 123 Å². The van der Waals surface area contributed by atoms with E-state index in [1.807, 2.05) is 26.6 Å². The molecular formula is C50H137N9O17S2. The SMILES string of the molecule is C.C.C.C.C.C.C.C.C.C.C.CCC.CNC.CNC(=O)CSC.CNC(=O)CSC.CNC(=O)NC.CNC(=O)OC.CNC(=O)OC.CNC(C)=O.CNC(C)=O.COC.COC(=O)OC.COC(C)=O.COC(C)=O. The Hall–Kier alpha value is -5.48. The number of amides is 8. The van der Waals surface area contributed by atoms with Crippen LogP contribution >= 0.6 is 23.5 Å². The predicted octanol–water partition coefficient (Wildman–Crippen LogP) is 8.45. The summed E-state index contributed by atoms with van der Waals surface area (Å²) in [6.45, 7) is 9.92. The van der Waals surface area contributed by atoms with E-state index >= 15 is 0 Å². The molecule has 0 radical (unpaired) electrons. The van der Waals surface area contributed by atoms with Crippen LogP contribution in [0.5, 0.6) is 0 Å². The summed E-state index contributed by atoms with van der Waals surface area (Å²) < 4.78 is 28.8. The van der Waals surface area contributed by atoms with Crippen molar-refractivity contribution in [1.82, 2.24) is 47.9 Å². The minimum atomic E-state index is -0.657. The normalized spacial score (nSPS) is 6.08. The molecule has 0 bridgehead atoms. The van der Waals surface area contributed by atoms with Gasteiger partial charge >= 0.3 is 36.3 Å². The molecule has 0 aromatic carbocycles. The number of urea groups is 1. The number of nitrogens with one attached hydrogen (secondary N) is 9. The lowest BCUT2D eigenvalue weighted by atomic mass is 10.6. The van der Waals surface area contributed by atoms with Crippen molar-refractivity contribution in [1.29, 1.82) is 0 Å². The highest BCUT2D eigenvalue weighted by Crippen LogP contribution is 1.87. The largest absolute Gasteiger partial charge is 0.507 e. The van der Waals surface area contributed by atoms with E-state index in [0.29, 0.717) is 11.5 Å². The zero-order chi connectivity index (χ0) is 56.6. The van der Waals surface area contributed by atoms with E-state index < -0.39 is 18.3 Å². The third-order valence-electron chi connectivity index (χ3n) is 3.95. The number of hydrogen-bond donors (Lipinski definition) is 9. The molecule has 0 spiro atoms. The number of alkyl carbamates (subject to hydrolysis) is 2. The van der Waals surface area contributed by atoms with Crippen LogP contribution in [0.1, 0.15) is 130 Å². The van der Waals surface area contributed by atoms with Crippen LogP contribution in [-0.2, 0) is 61.9 Å². The van der Waals surface area contributed by atoms with E-state index in [1.165, 1.54) is 114 Å². The fourth-order valence-electron chi connectivity index (χ4n) is 0.819. The van der Waals surface area contributed by atoms with Crippen molar-refractivity contribution in [3.05, 3.63) is 0 Å². The summed E-state index contributed by atoms with van der Waals surface area (Å²) in [6.07, 6.45) is 3.57. The molecule has 496 valence electrons. The lowest BCUT2D eigenvalue weighted by Gasteiger charge is -1.91. The third-order valence-corrected chi connectivity index (χ3v) is 5.06. The second-order valence-corrected chi connectivity index (χ2v) is 11.5. The molecule has 0 aliphatic heterocycles. The van der Waals surface area contributed by atoms with Gasteiger partial charge in [-0.3, -0.25) is 28.8 Å². The first-order valence-electron chi connectivity index (χ1n) is 19.0. The number of hydrogen-bond acceptors (Lipinski definition) is 20. The third kappa shape index (κ3) is 419. The highest BCUT2D eigenvalue weighted by Gasteiger charge is 1.91. The van der Waals surface area contributed by atoms with Crippen molar-refractivity contribution in [2.45, 2.75) is 130 Å². The Morgan fingerprint density at radius 3 is 0.526 bits per heavy atom. The zero-order valence-electron chi connectivity index (χ0n) is 45.4. The van der Waals surface area contributed by atoms with Gasteiger partial charge in [-0.1, -0.05) is 102 Å². The standard InChI is InChI=1S/2C4H9NOS.C3H8N2O.2C3H7NO2.2C3H7NO.C3H6O3.2C3H6O2.C3H8.C2H7N.C2H6O.11CH4/c2*1-5-4(6)3-7-2;1-4-3(6)5-2;2*1-4-3(5)6-2;2*1-3(5)4-2;1-5-3(4)6-2;2*1-3(4)5-2;3*1-3-2;;;;;;;;;;;/h2*3H2,1-2H3,(H,5,6);1-2H3,(H2,4,5,6);2*1-2H3,(H,4,5);2*1-2H3,(H,4,5);1-2H3;2*1-2H3;3H2,1-2H3;3H,1-2H3;1-2H3;11*1H4. The number of thioether (sulfide) groups is 2. The number of carbonyl (C=O) groups is 10. The summed E-state index contributed by atoms with van der Waals surface area (Å²) in [5, 5.41) is 21.8. The van der Waals surface area contributed by atoms with Gasteiger partial charge in [0.15, 0.2) is 0 Å². The predicted molar refractivity (Wildman–Crippen MR) is 344 cm³/mol. The van der Waals surface area contributed by atoms with Crippen molar-refractivity contribution in [2.75, 3.05) is 151 Å². The van der Waals surface area contributed by atoms with Gasteiger partial charge in [0.1, 0.15) is 0 Å². The average molecular weight is 1200 g/mol. The van der Waals surface area contributed by atoms with Crippen LogP contribution in [0.4, 0.5) is 19.2 Å². The first kappa shape index (κ1) is 158. The van der Waals surface area contributed by atoms with E-state index in [4.69, 9.17) is 0 Å². The van der Waals surface area contributed by atoms with E-state index in [2.05, 4.69) is 94.9 Å². The number of ether oxygens (including phenoxy) is 7. The van der Waals surface area contributed by atoms with Crippen LogP contribution in [0.15, 0.2) is 0 Å². The van der Waals surface area contributed by atoms with Crippen LogP contribution in [-0.4, -0.2) is 211 Å². The van der Waals surface area contributed by atoms with Crippen molar-refractivity contribution >= 4 is 83.5 Å². The van der Waals surface area contributed by atoms with Gasteiger partial charge in [-0.15, -0.1) is 0 Å². The molecule has 0 aliphatic rings. The lowest BCUT2D eigenvalue weighted by molar-refractivity contribution is -0.138. The molecule has 0 unspecified atom stereocenters. The fourth-order valence-corrected chi connectivity index (χ4v) is 1.63. The summed E-state index contributed by atoms with van der Waals surface area (Å²) in [7, 11) is 27.5. The fraction of sp³-hybridized carbons (Fsp3) is 0.800. The summed E-state index contributed by atoms with van der Waals surface area (Å²) in [4.78, 5) is 98.5. The number of rotatable bonds is 4. The van der Waals surface area contributed by atoms with Crippen LogP contribution < -0.4 is 47.9 Å². The second kappa shape index (κ2) is 172. The summed E-state index contributed by atoms with van der Waals surface area (Å²) in [6, 6.07) is -0.157. The molecule has 0 heterocycles. The summed E-state index contributed by atoms with van der Waals surface area (Å²) in [5.74, 6) is 0.831. The van der Waals surface area contributed by atoms with Crippen molar-refractivity contribution in [2.24, 2.45) is 0 Å². The average Bonchev–Trinajstić information content (AvgIpc) is 3.32. The summed E-state index contributed by atoms with van der Waals surface area (Å²) in [5.41, 5.74) is 0. The molecule has 26 nitrogen and oxygen atoms in total. The highest BCUT2D eigenvalue weighted by atomic mass is 32.2. The topological polar surface area (TPSA) is 344 Å². The molecule has 0 aromatic heterocycles. The number of carbonyl (C=O) groups excluding carboxylic acids is 10. The zero-order valence-corrected chi connectivity index (χ0v) is 47.0. The molecule has 0 saturated heterocycles. The van der Waals surface area contributed by atoms with Crippen molar-refractivity contribution in [3.8, 4) is 0 Å². The molecule has 0 atom stereocenters. The first-order chi connectivity index (χ1) is 31.2. The molecular weight excluding hydrogens is 1060 g/mol. The van der Waals surface area contributed by atoms with E-state index in [0.717, 1.165) is 0 Å². The molecule has 0 fully saturated rings. The van der Waals surface area contributed by atoms with Gasteiger partial charge in [0.25, 0.3) is 0 Å². The van der Waals surface area contributed by atoms with Crippen LogP contribution in [0, 0.1) is 0 Å². The Bertz CT molecular complexity index is 928. The maximum Gasteiger partial charge on any atom is 0.507 e. The quantitative estimate of drug-likeness (QED) is 0.0941. The lowest BCUT2D eigenvalue weighted by Crippen LogP contribution is -2.28. The molecule has 8 amide bonds. The Morgan fingerprint density at radius 2 is 0.513 bits per heavy atom. The number of methoxy groups -OCH3 is 7. The van der Waals surface area contributed by atoms with Gasteiger partial charge in [0.05, 0.1) is 54.2 Å². The van der Waals surface area contributed by atoms with Gasteiger partial charge in [-0.05, 0) is 26.6 Å². The summed E-state index contributed by atoms with van der Waals surface area (Å²) >= 11 is 3.04. The highest BCUT2D eigenvalue weighted by molar-refractivity contribution is 7.99. The van der Waals surface area contributed by atoms with E-state index in [1.54, 1.807) is 56.5 Å². The monoisotopic (exact) mass is 1200 g/mol. The van der Waals surface area contributed by atoms with E-state index in [9.17, 15) is 47.9 Å².